The van der Waals surface area contributed by atoms with E-state index in [1.54, 1.807) is 29.1 Å². The smallest absolute Gasteiger partial charge is 0.173 e. The van der Waals surface area contributed by atoms with Gasteiger partial charge in [-0.3, -0.25) is 0 Å². The van der Waals surface area contributed by atoms with Gasteiger partial charge in [-0.1, -0.05) is 0 Å². The maximum Gasteiger partial charge on any atom is 0.173 e. The van der Waals surface area contributed by atoms with E-state index in [2.05, 4.69) is 33.6 Å². The number of hydrogen-bond donors (Lipinski definition) is 2. The third-order valence-corrected chi connectivity index (χ3v) is 7.26. The molecular weight excluding hydrogens is 379 g/mol. The fourth-order valence-electron chi connectivity index (χ4n) is 3.82. The molecule has 1 fully saturated rings. The highest BCUT2D eigenvalue weighted by molar-refractivity contribution is 7.18. The summed E-state index contributed by atoms with van der Waals surface area (Å²) in [6, 6.07) is 8.29. The number of nitrogens with one attached hydrogen (secondary N) is 2. The molecule has 0 radical (unpaired) electrons. The third-order valence-electron chi connectivity index (χ3n) is 5.29. The second-order valence-corrected chi connectivity index (χ2v) is 8.92. The number of rotatable bonds is 3. The summed E-state index contributed by atoms with van der Waals surface area (Å²) in [6.07, 6.45) is 4.17. The van der Waals surface area contributed by atoms with Crippen molar-refractivity contribution in [3.05, 3.63) is 46.7 Å². The van der Waals surface area contributed by atoms with E-state index in [4.69, 9.17) is 0 Å². The van der Waals surface area contributed by atoms with Crippen LogP contribution in [0.4, 0.5) is 15.8 Å². The van der Waals surface area contributed by atoms with Crippen molar-refractivity contribution >= 4 is 54.5 Å². The van der Waals surface area contributed by atoms with Crippen LogP contribution in [0, 0.1) is 5.82 Å². The topological polar surface area (TPSA) is 49.8 Å². The van der Waals surface area contributed by atoms with Gasteiger partial charge in [-0.25, -0.2) is 14.4 Å². The van der Waals surface area contributed by atoms with Gasteiger partial charge in [0, 0.05) is 28.4 Å². The highest BCUT2D eigenvalue weighted by Crippen LogP contribution is 2.39. The Morgan fingerprint density at radius 1 is 1.22 bits per heavy atom. The Balaban J connectivity index is 1.53. The average molecular weight is 399 g/mol. The lowest BCUT2D eigenvalue weighted by Gasteiger charge is -2.29. The number of halogens is 1. The lowest BCUT2D eigenvalue weighted by atomic mass is 9.90. The molecule has 0 unspecified atom stereocenters. The Bertz CT molecular complexity index is 1120. The van der Waals surface area contributed by atoms with E-state index in [1.165, 1.54) is 29.1 Å². The van der Waals surface area contributed by atoms with Crippen LogP contribution in [0.2, 0.25) is 0 Å². The molecule has 0 saturated carbocycles. The maximum absolute atomic E-state index is 14.8. The number of thiophene rings is 1. The highest BCUT2D eigenvalue weighted by Gasteiger charge is 2.25. The molecule has 1 aliphatic heterocycles. The van der Waals surface area contributed by atoms with Crippen molar-refractivity contribution in [1.29, 1.82) is 0 Å². The van der Waals surface area contributed by atoms with Crippen molar-refractivity contribution in [1.82, 2.24) is 15.3 Å². The molecule has 0 amide bonds. The van der Waals surface area contributed by atoms with Gasteiger partial charge in [0.25, 0.3) is 0 Å². The van der Waals surface area contributed by atoms with Crippen molar-refractivity contribution in [2.24, 2.45) is 0 Å². The number of piperidine rings is 1. The van der Waals surface area contributed by atoms with Crippen molar-refractivity contribution in [3.8, 4) is 0 Å². The van der Waals surface area contributed by atoms with Gasteiger partial charge in [-0.15, -0.1) is 22.7 Å². The van der Waals surface area contributed by atoms with Gasteiger partial charge in [0.05, 0.1) is 21.6 Å². The fraction of sp³-hybridized carbons (Fsp3) is 0.300. The van der Waals surface area contributed by atoms with Crippen LogP contribution in [0.25, 0.3) is 20.4 Å². The Hall–Kier alpha value is -2.09. The summed E-state index contributed by atoms with van der Waals surface area (Å²) in [6.45, 7) is 3.34. The van der Waals surface area contributed by atoms with Crippen molar-refractivity contribution in [2.45, 2.75) is 31.7 Å². The van der Waals surface area contributed by atoms with Crippen LogP contribution in [0.1, 0.15) is 30.6 Å². The highest BCUT2D eigenvalue weighted by atomic mass is 32.1. The second kappa shape index (κ2) is 6.82. The summed E-state index contributed by atoms with van der Waals surface area (Å²) >= 11 is 3.19. The Labute approximate surface area is 164 Å². The summed E-state index contributed by atoms with van der Waals surface area (Å²) in [7, 11) is 0. The number of thiazole rings is 1. The molecular formula is C20H19FN4S2. The van der Waals surface area contributed by atoms with Crippen molar-refractivity contribution < 1.29 is 4.39 Å². The lowest BCUT2D eigenvalue weighted by Crippen LogP contribution is -2.37. The van der Waals surface area contributed by atoms with Gasteiger partial charge in [-0.2, -0.15) is 0 Å². The standard InChI is InChI=1S/C20H19FN4S2/c1-11-12(3-2-7-22-11)17-9-13-14(6-8-23-20(13)27-17)25-15-4-5-16-19(18(15)21)24-10-26-16/h4-6,8-12,22H,2-3,7H2,1H3,(H,23,25)/t11-,12+/m1/s1. The van der Waals surface area contributed by atoms with Gasteiger partial charge in [0.2, 0.25) is 0 Å². The van der Waals surface area contributed by atoms with Gasteiger partial charge in [0.15, 0.2) is 5.82 Å². The largest absolute Gasteiger partial charge is 0.352 e. The minimum atomic E-state index is -0.306. The predicted molar refractivity (Wildman–Crippen MR) is 112 cm³/mol. The van der Waals surface area contributed by atoms with E-state index in [-0.39, 0.29) is 5.82 Å². The Morgan fingerprint density at radius 3 is 3.04 bits per heavy atom. The number of benzene rings is 1. The zero-order valence-electron chi connectivity index (χ0n) is 14.8. The molecule has 2 N–H and O–H groups in total. The summed E-state index contributed by atoms with van der Waals surface area (Å²) in [5, 5.41) is 7.88. The normalized spacial score (nSPS) is 20.4. The first kappa shape index (κ1) is 17.0. The molecule has 0 spiro atoms. The van der Waals surface area contributed by atoms with E-state index in [9.17, 15) is 4.39 Å². The molecule has 7 heteroatoms. The zero-order chi connectivity index (χ0) is 18.4. The lowest BCUT2D eigenvalue weighted by molar-refractivity contribution is 0.375. The molecule has 4 aromatic rings. The van der Waals surface area contributed by atoms with Gasteiger partial charge in [0.1, 0.15) is 10.3 Å². The molecule has 0 bridgehead atoms. The van der Waals surface area contributed by atoms with E-state index in [0.717, 1.165) is 27.1 Å². The van der Waals surface area contributed by atoms with E-state index < -0.39 is 0 Å². The molecule has 3 aromatic heterocycles. The molecule has 27 heavy (non-hydrogen) atoms. The van der Waals surface area contributed by atoms with Crippen LogP contribution < -0.4 is 10.6 Å². The zero-order valence-corrected chi connectivity index (χ0v) is 16.5. The van der Waals surface area contributed by atoms with E-state index in [1.807, 2.05) is 12.1 Å². The number of nitrogens with zero attached hydrogens (tertiary/aromatic N) is 2. The van der Waals surface area contributed by atoms with Crippen LogP contribution in [-0.4, -0.2) is 22.6 Å². The van der Waals surface area contributed by atoms with Gasteiger partial charge >= 0.3 is 0 Å². The van der Waals surface area contributed by atoms with E-state index in [0.29, 0.717) is 23.2 Å². The molecule has 4 nitrogen and oxygen atoms in total. The van der Waals surface area contributed by atoms with Crippen LogP contribution in [0.15, 0.2) is 36.0 Å². The molecule has 1 aromatic carbocycles. The maximum atomic E-state index is 14.8. The first-order valence-electron chi connectivity index (χ1n) is 9.11. The number of hydrogen-bond acceptors (Lipinski definition) is 6. The number of anilines is 2. The molecule has 2 atom stereocenters. The number of aromatic nitrogens is 2. The van der Waals surface area contributed by atoms with Crippen molar-refractivity contribution in [2.75, 3.05) is 11.9 Å². The monoisotopic (exact) mass is 398 g/mol. The first-order chi connectivity index (χ1) is 13.2. The Kier molecular flexibility index (Phi) is 4.30. The molecule has 4 heterocycles. The van der Waals surface area contributed by atoms with Crippen LogP contribution in [0.5, 0.6) is 0 Å². The minimum Gasteiger partial charge on any atom is -0.352 e. The quantitative estimate of drug-likeness (QED) is 0.469. The summed E-state index contributed by atoms with van der Waals surface area (Å²) < 4.78 is 15.7. The van der Waals surface area contributed by atoms with Crippen LogP contribution in [-0.2, 0) is 0 Å². The van der Waals surface area contributed by atoms with Crippen LogP contribution in [0.3, 0.4) is 0 Å². The molecule has 5 rings (SSSR count). The number of pyridine rings is 1. The average Bonchev–Trinajstić information content (AvgIpc) is 3.32. The molecule has 138 valence electrons. The van der Waals surface area contributed by atoms with Gasteiger partial charge in [-0.05, 0) is 50.6 Å². The first-order valence-corrected chi connectivity index (χ1v) is 10.8. The summed E-state index contributed by atoms with van der Waals surface area (Å²) in [5.41, 5.74) is 3.42. The fourth-order valence-corrected chi connectivity index (χ4v) is 5.76. The second-order valence-electron chi connectivity index (χ2n) is 6.97. The molecule has 1 saturated heterocycles. The third kappa shape index (κ3) is 2.99. The number of fused-ring (bicyclic) bond motifs is 2. The van der Waals surface area contributed by atoms with Crippen molar-refractivity contribution in [3.63, 3.8) is 0 Å². The minimum absolute atomic E-state index is 0.306. The molecule has 0 aliphatic carbocycles. The molecule has 1 aliphatic rings. The SMILES string of the molecule is C[C@H]1NCCC[C@@H]1c1cc2c(Nc3ccc4scnc4c3F)ccnc2s1. The van der Waals surface area contributed by atoms with Gasteiger partial charge < -0.3 is 10.6 Å². The van der Waals surface area contributed by atoms with E-state index >= 15 is 0 Å². The summed E-state index contributed by atoms with van der Waals surface area (Å²) in [5.74, 6) is 0.202. The predicted octanol–water partition coefficient (Wildman–Crippen LogP) is 5.64. The summed E-state index contributed by atoms with van der Waals surface area (Å²) in [4.78, 5) is 11.0. The van der Waals surface area contributed by atoms with Crippen LogP contribution >= 0.6 is 22.7 Å². The Morgan fingerprint density at radius 2 is 2.15 bits per heavy atom.